The van der Waals surface area contributed by atoms with Crippen LogP contribution in [-0.4, -0.2) is 37.5 Å². The molecular formula is C22H22N2O5. The van der Waals surface area contributed by atoms with Crippen LogP contribution >= 0.6 is 0 Å². The molecule has 0 radical (unpaired) electrons. The van der Waals surface area contributed by atoms with Gasteiger partial charge in [-0.05, 0) is 36.8 Å². The normalized spacial score (nSPS) is 28.4. The first-order valence-corrected chi connectivity index (χ1v) is 9.35. The summed E-state index contributed by atoms with van der Waals surface area (Å²) < 4.78 is 10.2. The zero-order valence-corrected chi connectivity index (χ0v) is 16.4. The topological polar surface area (TPSA) is 84.9 Å². The molecule has 2 fully saturated rings. The number of carbonyl (C=O) groups is 3. The molecule has 2 heterocycles. The van der Waals surface area contributed by atoms with Gasteiger partial charge in [-0.1, -0.05) is 30.3 Å². The Morgan fingerprint density at radius 1 is 1.00 bits per heavy atom. The average Bonchev–Trinajstić information content (AvgIpc) is 3.22. The summed E-state index contributed by atoms with van der Waals surface area (Å²) in [4.78, 5) is 40.6. The molecule has 0 spiro atoms. The van der Waals surface area contributed by atoms with Crippen LogP contribution in [0.2, 0.25) is 0 Å². The lowest BCUT2D eigenvalue weighted by Crippen LogP contribution is -2.54. The maximum absolute atomic E-state index is 13.4. The van der Waals surface area contributed by atoms with Gasteiger partial charge in [0.25, 0.3) is 0 Å². The second kappa shape index (κ2) is 7.00. The number of hydrogen-bond acceptors (Lipinski definition) is 6. The molecule has 2 saturated heterocycles. The first-order valence-electron chi connectivity index (χ1n) is 9.35. The predicted octanol–water partition coefficient (Wildman–Crippen LogP) is 2.08. The summed E-state index contributed by atoms with van der Waals surface area (Å²) in [6.07, 6.45) is 0. The first kappa shape index (κ1) is 19.1. The molecule has 0 unspecified atom stereocenters. The molecule has 2 aromatic carbocycles. The minimum Gasteiger partial charge on any atom is -0.497 e. The van der Waals surface area contributed by atoms with Crippen LogP contribution in [0.25, 0.3) is 0 Å². The van der Waals surface area contributed by atoms with Crippen molar-refractivity contribution in [1.82, 2.24) is 5.32 Å². The summed E-state index contributed by atoms with van der Waals surface area (Å²) >= 11 is 0. The first-order chi connectivity index (χ1) is 13.9. The second-order valence-electron chi connectivity index (χ2n) is 7.44. The van der Waals surface area contributed by atoms with Crippen molar-refractivity contribution >= 4 is 23.5 Å². The van der Waals surface area contributed by atoms with Gasteiger partial charge in [-0.2, -0.15) is 0 Å². The highest BCUT2D eigenvalue weighted by Gasteiger charge is 2.67. The summed E-state index contributed by atoms with van der Waals surface area (Å²) in [5.74, 6) is -2.21. The Morgan fingerprint density at radius 3 is 2.24 bits per heavy atom. The molecule has 4 atom stereocenters. The van der Waals surface area contributed by atoms with Gasteiger partial charge in [0, 0.05) is 6.04 Å². The number of amides is 2. The van der Waals surface area contributed by atoms with Crippen LogP contribution in [0.1, 0.15) is 18.5 Å². The molecule has 2 aliphatic heterocycles. The Balaban J connectivity index is 1.80. The van der Waals surface area contributed by atoms with E-state index in [1.54, 1.807) is 50.4 Å². The third-order valence-electron chi connectivity index (χ3n) is 5.89. The predicted molar refractivity (Wildman–Crippen MR) is 105 cm³/mol. The fourth-order valence-electron chi connectivity index (χ4n) is 4.47. The van der Waals surface area contributed by atoms with Gasteiger partial charge in [-0.15, -0.1) is 0 Å². The molecule has 1 N–H and O–H groups in total. The highest BCUT2D eigenvalue weighted by atomic mass is 16.5. The number of ether oxygens (including phenoxy) is 2. The minimum absolute atomic E-state index is 0.327. The van der Waals surface area contributed by atoms with Crippen molar-refractivity contribution in [2.45, 2.75) is 18.5 Å². The van der Waals surface area contributed by atoms with Crippen molar-refractivity contribution in [2.24, 2.45) is 11.8 Å². The van der Waals surface area contributed by atoms with E-state index >= 15 is 0 Å². The molecule has 0 bridgehead atoms. The molecule has 2 aliphatic rings. The third-order valence-corrected chi connectivity index (χ3v) is 5.89. The van der Waals surface area contributed by atoms with E-state index in [0.29, 0.717) is 11.4 Å². The molecule has 7 nitrogen and oxygen atoms in total. The van der Waals surface area contributed by atoms with Crippen molar-refractivity contribution < 1.29 is 23.9 Å². The van der Waals surface area contributed by atoms with Gasteiger partial charge in [0.15, 0.2) is 0 Å². The van der Waals surface area contributed by atoms with Crippen LogP contribution in [0, 0.1) is 11.8 Å². The number of methoxy groups -OCH3 is 2. The van der Waals surface area contributed by atoms with Crippen molar-refractivity contribution in [3.05, 3.63) is 60.2 Å². The molecule has 0 saturated carbocycles. The van der Waals surface area contributed by atoms with Crippen molar-refractivity contribution in [3.63, 3.8) is 0 Å². The van der Waals surface area contributed by atoms with E-state index in [-0.39, 0.29) is 5.91 Å². The van der Waals surface area contributed by atoms with E-state index in [9.17, 15) is 14.4 Å². The SMILES string of the molecule is COC(=O)[C@@]1(C)N[C@@H](c2ccc(OC)cc2)[C@H]2C(=O)N(c3ccccc3)C(=O)[C@@H]21. The third kappa shape index (κ3) is 2.81. The van der Waals surface area contributed by atoms with E-state index in [4.69, 9.17) is 9.47 Å². The Morgan fingerprint density at radius 2 is 1.66 bits per heavy atom. The van der Waals surface area contributed by atoms with Crippen LogP contribution in [-0.2, 0) is 19.1 Å². The van der Waals surface area contributed by atoms with E-state index in [1.165, 1.54) is 12.0 Å². The number of carbonyl (C=O) groups excluding carboxylic acids is 3. The molecule has 2 amide bonds. The highest BCUT2D eigenvalue weighted by molar-refractivity contribution is 6.24. The molecule has 150 valence electrons. The standard InChI is InChI=1S/C22H22N2O5/c1-22(21(27)29-3)17-16(18(23-22)13-9-11-15(28-2)12-10-13)19(25)24(20(17)26)14-7-5-4-6-8-14/h4-12,16-18,23H,1-3H3/t16-,17+,18-,22-/m0/s1. The summed E-state index contributed by atoms with van der Waals surface area (Å²) in [6.45, 7) is 1.62. The van der Waals surface area contributed by atoms with Gasteiger partial charge in [-0.25, -0.2) is 4.90 Å². The fourth-order valence-corrected chi connectivity index (χ4v) is 4.47. The van der Waals surface area contributed by atoms with Gasteiger partial charge in [0.05, 0.1) is 31.7 Å². The summed E-state index contributed by atoms with van der Waals surface area (Å²) in [5.41, 5.74) is -0.0256. The molecule has 0 aliphatic carbocycles. The van der Waals surface area contributed by atoms with Crippen LogP contribution in [0.5, 0.6) is 5.75 Å². The van der Waals surface area contributed by atoms with Gasteiger partial charge in [-0.3, -0.25) is 19.7 Å². The van der Waals surface area contributed by atoms with Gasteiger partial charge >= 0.3 is 5.97 Å². The average molecular weight is 394 g/mol. The van der Waals surface area contributed by atoms with Crippen LogP contribution in [0.3, 0.4) is 0 Å². The van der Waals surface area contributed by atoms with Crippen LogP contribution in [0.4, 0.5) is 5.69 Å². The molecule has 4 rings (SSSR count). The lowest BCUT2D eigenvalue weighted by atomic mass is 9.80. The minimum atomic E-state index is -1.32. The molecule has 7 heteroatoms. The summed E-state index contributed by atoms with van der Waals surface area (Å²) in [5, 5.41) is 3.22. The summed E-state index contributed by atoms with van der Waals surface area (Å²) in [7, 11) is 2.85. The molecular weight excluding hydrogens is 372 g/mol. The summed E-state index contributed by atoms with van der Waals surface area (Å²) in [6, 6.07) is 15.5. The number of para-hydroxylation sites is 1. The molecule has 0 aromatic heterocycles. The highest BCUT2D eigenvalue weighted by Crippen LogP contribution is 2.50. The molecule has 2 aromatic rings. The number of benzene rings is 2. The van der Waals surface area contributed by atoms with E-state index in [0.717, 1.165) is 5.56 Å². The number of rotatable bonds is 4. The number of anilines is 1. The number of nitrogens with zero attached hydrogens (tertiary/aromatic N) is 1. The van der Waals surface area contributed by atoms with Gasteiger partial charge in [0.2, 0.25) is 11.8 Å². The number of imide groups is 1. The van der Waals surface area contributed by atoms with Crippen molar-refractivity contribution in [1.29, 1.82) is 0 Å². The zero-order valence-electron chi connectivity index (χ0n) is 16.4. The number of esters is 1. The lowest BCUT2D eigenvalue weighted by molar-refractivity contribution is -0.151. The smallest absolute Gasteiger partial charge is 0.326 e. The van der Waals surface area contributed by atoms with Gasteiger partial charge < -0.3 is 9.47 Å². The van der Waals surface area contributed by atoms with Crippen molar-refractivity contribution in [3.8, 4) is 5.75 Å². The molecule has 29 heavy (non-hydrogen) atoms. The van der Waals surface area contributed by atoms with E-state index in [1.807, 2.05) is 18.2 Å². The van der Waals surface area contributed by atoms with Gasteiger partial charge in [0.1, 0.15) is 11.3 Å². The Hall–Kier alpha value is -3.19. The Bertz CT molecular complexity index is 959. The largest absolute Gasteiger partial charge is 0.497 e. The fraction of sp³-hybridized carbons (Fsp3) is 0.318. The maximum atomic E-state index is 13.4. The van der Waals surface area contributed by atoms with Crippen molar-refractivity contribution in [2.75, 3.05) is 19.1 Å². The zero-order chi connectivity index (χ0) is 20.8. The van der Waals surface area contributed by atoms with E-state index in [2.05, 4.69) is 5.32 Å². The number of nitrogens with one attached hydrogen (secondary N) is 1. The lowest BCUT2D eigenvalue weighted by Gasteiger charge is -2.28. The Labute approximate surface area is 168 Å². The van der Waals surface area contributed by atoms with Crippen LogP contribution < -0.4 is 15.0 Å². The van der Waals surface area contributed by atoms with E-state index < -0.39 is 35.3 Å². The monoisotopic (exact) mass is 394 g/mol. The second-order valence-corrected chi connectivity index (χ2v) is 7.44. The Kier molecular flexibility index (Phi) is 4.62. The van der Waals surface area contributed by atoms with Crippen LogP contribution in [0.15, 0.2) is 54.6 Å². The quantitative estimate of drug-likeness (QED) is 0.631. The number of fused-ring (bicyclic) bond motifs is 1. The number of hydrogen-bond donors (Lipinski definition) is 1. The maximum Gasteiger partial charge on any atom is 0.326 e.